The Kier molecular flexibility index (Phi) is 7.10. The fourth-order valence-electron chi connectivity index (χ4n) is 6.65. The Balaban J connectivity index is 1.29. The number of ketones is 3. The van der Waals surface area contributed by atoms with Gasteiger partial charge in [0, 0.05) is 28.9 Å². The van der Waals surface area contributed by atoms with Gasteiger partial charge >= 0.3 is 0 Å². The quantitative estimate of drug-likeness (QED) is 0.306. The van der Waals surface area contributed by atoms with Crippen molar-refractivity contribution in [3.05, 3.63) is 75.9 Å². The maximum atomic E-state index is 13.7. The van der Waals surface area contributed by atoms with Gasteiger partial charge in [-0.2, -0.15) is 0 Å². The summed E-state index contributed by atoms with van der Waals surface area (Å²) in [6.07, 6.45) is 10.7. The summed E-state index contributed by atoms with van der Waals surface area (Å²) in [5.74, 6) is 0.239. The molecule has 3 heteroatoms. The fraction of sp³-hybridized carbons (Fsp3) is 0.485. The van der Waals surface area contributed by atoms with Crippen LogP contribution in [0.2, 0.25) is 0 Å². The molecule has 0 aromatic heterocycles. The van der Waals surface area contributed by atoms with Gasteiger partial charge in [0.1, 0.15) is 0 Å². The second-order valence-electron chi connectivity index (χ2n) is 11.6. The molecule has 3 nitrogen and oxygen atoms in total. The summed E-state index contributed by atoms with van der Waals surface area (Å²) in [5, 5.41) is 0. The molecule has 36 heavy (non-hydrogen) atoms. The summed E-state index contributed by atoms with van der Waals surface area (Å²) >= 11 is 0. The first-order valence-electron chi connectivity index (χ1n) is 13.9. The zero-order valence-electron chi connectivity index (χ0n) is 21.9. The second-order valence-corrected chi connectivity index (χ2v) is 11.6. The Morgan fingerprint density at radius 3 is 2.17 bits per heavy atom. The number of aryl methyl sites for hydroxylation is 2. The highest BCUT2D eigenvalue weighted by molar-refractivity contribution is 6.55. The van der Waals surface area contributed by atoms with Crippen molar-refractivity contribution in [2.45, 2.75) is 84.5 Å². The van der Waals surface area contributed by atoms with Crippen molar-refractivity contribution < 1.29 is 14.4 Å². The Morgan fingerprint density at radius 1 is 0.833 bits per heavy atom. The minimum atomic E-state index is -0.355. The molecular weight excluding hydrogens is 444 g/mol. The first-order valence-corrected chi connectivity index (χ1v) is 13.9. The molecule has 2 aromatic rings. The van der Waals surface area contributed by atoms with Crippen LogP contribution in [-0.2, 0) is 16.0 Å². The molecule has 5 rings (SSSR count). The van der Waals surface area contributed by atoms with E-state index in [1.165, 1.54) is 11.1 Å². The number of hydrogen-bond acceptors (Lipinski definition) is 3. The average Bonchev–Trinajstić information content (AvgIpc) is 3.53. The third-order valence-electron chi connectivity index (χ3n) is 8.92. The molecule has 0 spiro atoms. The summed E-state index contributed by atoms with van der Waals surface area (Å²) in [4.78, 5) is 39.8. The van der Waals surface area contributed by atoms with Crippen molar-refractivity contribution in [3.8, 4) is 0 Å². The van der Waals surface area contributed by atoms with Crippen molar-refractivity contribution in [3.63, 3.8) is 0 Å². The van der Waals surface area contributed by atoms with Crippen LogP contribution in [0.5, 0.6) is 0 Å². The lowest BCUT2D eigenvalue weighted by Gasteiger charge is -2.28. The normalized spacial score (nSPS) is 23.9. The summed E-state index contributed by atoms with van der Waals surface area (Å²) < 4.78 is 0. The van der Waals surface area contributed by atoms with Crippen LogP contribution < -0.4 is 0 Å². The molecule has 0 radical (unpaired) electrons. The van der Waals surface area contributed by atoms with Crippen molar-refractivity contribution in [2.75, 3.05) is 0 Å². The van der Waals surface area contributed by atoms with Crippen LogP contribution in [0, 0.1) is 31.6 Å². The lowest BCUT2D eigenvalue weighted by atomic mass is 9.76. The first kappa shape index (κ1) is 24.9. The van der Waals surface area contributed by atoms with E-state index in [0.717, 1.165) is 80.0 Å². The van der Waals surface area contributed by atoms with Crippen LogP contribution in [0.25, 0.3) is 5.57 Å². The second kappa shape index (κ2) is 10.3. The maximum Gasteiger partial charge on any atom is 0.229 e. The Bertz CT molecular complexity index is 1200. The van der Waals surface area contributed by atoms with Gasteiger partial charge in [0.2, 0.25) is 11.6 Å². The lowest BCUT2D eigenvalue weighted by Crippen LogP contribution is -2.24. The van der Waals surface area contributed by atoms with Gasteiger partial charge in [-0.3, -0.25) is 14.4 Å². The van der Waals surface area contributed by atoms with Crippen LogP contribution in [0.1, 0.15) is 102 Å². The third kappa shape index (κ3) is 4.90. The molecular formula is C33H38O3. The van der Waals surface area contributed by atoms with Gasteiger partial charge in [-0.1, -0.05) is 61.7 Å². The molecule has 0 aliphatic heterocycles. The van der Waals surface area contributed by atoms with Crippen LogP contribution in [0.15, 0.2) is 42.5 Å². The van der Waals surface area contributed by atoms with Crippen molar-refractivity contribution in [1.29, 1.82) is 0 Å². The van der Waals surface area contributed by atoms with E-state index in [0.29, 0.717) is 11.5 Å². The van der Waals surface area contributed by atoms with E-state index < -0.39 is 0 Å². The number of benzene rings is 2. The molecule has 1 atom stereocenters. The molecule has 0 amide bonds. The van der Waals surface area contributed by atoms with E-state index in [4.69, 9.17) is 0 Å². The van der Waals surface area contributed by atoms with E-state index in [9.17, 15) is 14.4 Å². The van der Waals surface area contributed by atoms with Gasteiger partial charge in [0.05, 0.1) is 0 Å². The van der Waals surface area contributed by atoms with Crippen LogP contribution in [0.4, 0.5) is 0 Å². The van der Waals surface area contributed by atoms with E-state index in [-0.39, 0.29) is 35.1 Å². The summed E-state index contributed by atoms with van der Waals surface area (Å²) in [6.45, 7) is 6.19. The smallest absolute Gasteiger partial charge is 0.229 e. The van der Waals surface area contributed by atoms with Gasteiger partial charge < -0.3 is 0 Å². The van der Waals surface area contributed by atoms with Gasteiger partial charge in [-0.05, 0) is 93.0 Å². The molecule has 0 saturated heterocycles. The first-order chi connectivity index (χ1) is 17.3. The van der Waals surface area contributed by atoms with Gasteiger partial charge in [0.25, 0.3) is 0 Å². The van der Waals surface area contributed by atoms with Crippen molar-refractivity contribution >= 4 is 22.9 Å². The number of carbonyl (C=O) groups excluding carboxylic acids is 3. The number of fused-ring (bicyclic) bond motifs is 1. The largest absolute Gasteiger partial charge is 0.294 e. The monoisotopic (exact) mass is 482 g/mol. The Hall–Kier alpha value is -2.81. The third-order valence-corrected chi connectivity index (χ3v) is 8.92. The highest BCUT2D eigenvalue weighted by Gasteiger charge is 2.35. The van der Waals surface area contributed by atoms with Gasteiger partial charge in [-0.25, -0.2) is 0 Å². The molecule has 3 aliphatic rings. The highest BCUT2D eigenvalue weighted by Crippen LogP contribution is 2.41. The topological polar surface area (TPSA) is 51.2 Å². The molecule has 0 N–H and O–H groups in total. The molecule has 2 fully saturated rings. The molecule has 2 aromatic carbocycles. The lowest BCUT2D eigenvalue weighted by molar-refractivity contribution is -0.135. The van der Waals surface area contributed by atoms with Crippen LogP contribution in [0.3, 0.4) is 0 Å². The van der Waals surface area contributed by atoms with Crippen molar-refractivity contribution in [1.82, 2.24) is 0 Å². The minimum absolute atomic E-state index is 0.0399. The predicted octanol–water partition coefficient (Wildman–Crippen LogP) is 7.36. The standard InChI is InChI=1S/C33H38O3/c1-20-8-10-23(11-9-20)18-24-12-14-26(15-13-24)31(34)28-19-29-27(16-22(28)3)21(2)17-30(29)33(36)32(35)25-6-4-5-7-25/h8-11,16-17,19,21,24-26H,4-7,12-15,18H2,1-3H3. The van der Waals surface area contributed by atoms with E-state index >= 15 is 0 Å². The summed E-state index contributed by atoms with van der Waals surface area (Å²) in [6, 6.07) is 12.8. The zero-order chi connectivity index (χ0) is 25.4. The Labute approximate surface area is 215 Å². The number of carbonyl (C=O) groups is 3. The van der Waals surface area contributed by atoms with E-state index in [2.05, 4.69) is 44.2 Å². The zero-order valence-corrected chi connectivity index (χ0v) is 21.9. The fourth-order valence-corrected chi connectivity index (χ4v) is 6.65. The van der Waals surface area contributed by atoms with E-state index in [1.807, 2.05) is 19.1 Å². The van der Waals surface area contributed by atoms with Crippen LogP contribution in [-0.4, -0.2) is 17.3 Å². The summed E-state index contributed by atoms with van der Waals surface area (Å²) in [7, 11) is 0. The van der Waals surface area contributed by atoms with Crippen LogP contribution >= 0.6 is 0 Å². The Morgan fingerprint density at radius 2 is 1.50 bits per heavy atom. The van der Waals surface area contributed by atoms with Gasteiger partial charge in [-0.15, -0.1) is 0 Å². The molecule has 3 aliphatic carbocycles. The summed E-state index contributed by atoms with van der Waals surface area (Å²) in [5.41, 5.74) is 6.78. The molecule has 1 unspecified atom stereocenters. The number of allylic oxidation sites excluding steroid dienone is 2. The number of rotatable bonds is 7. The SMILES string of the molecule is Cc1ccc(CC2CCC(C(=O)c3cc4c(cc3C)C(C)C=C4C(=O)C(=O)C3CCCC3)CC2)cc1. The molecule has 188 valence electrons. The molecule has 0 heterocycles. The number of hydrogen-bond donors (Lipinski definition) is 0. The predicted molar refractivity (Wildman–Crippen MR) is 144 cm³/mol. The van der Waals surface area contributed by atoms with E-state index in [1.54, 1.807) is 0 Å². The van der Waals surface area contributed by atoms with Gasteiger partial charge in [0.15, 0.2) is 5.78 Å². The average molecular weight is 483 g/mol. The molecule has 0 bridgehead atoms. The number of Topliss-reactive ketones (excluding diaryl/α,β-unsaturated/α-hetero) is 3. The molecule has 2 saturated carbocycles. The van der Waals surface area contributed by atoms with Crippen molar-refractivity contribution in [2.24, 2.45) is 17.8 Å². The minimum Gasteiger partial charge on any atom is -0.294 e. The highest BCUT2D eigenvalue weighted by atomic mass is 16.2. The maximum absolute atomic E-state index is 13.7.